The molecular formula is C11H23NO3. The first kappa shape index (κ1) is 14.2. The lowest BCUT2D eigenvalue weighted by Crippen LogP contribution is -2.34. The van der Waals surface area contributed by atoms with Crippen LogP contribution in [0.5, 0.6) is 0 Å². The topological polar surface area (TPSA) is 58.6 Å². The first-order chi connectivity index (χ1) is 6.99. The van der Waals surface area contributed by atoms with Crippen LogP contribution in [-0.4, -0.2) is 31.0 Å². The summed E-state index contributed by atoms with van der Waals surface area (Å²) in [5, 5.41) is 11.2. The van der Waals surface area contributed by atoms with Crippen molar-refractivity contribution < 1.29 is 14.6 Å². The third-order valence-corrected chi connectivity index (χ3v) is 2.52. The number of carbonyl (C=O) groups excluding carboxylic acids is 1. The molecule has 0 aromatic carbocycles. The SMILES string of the molecule is CC(C)C(CNC(=O)OCCO)C(C)C. The Hall–Kier alpha value is -0.770. The summed E-state index contributed by atoms with van der Waals surface area (Å²) >= 11 is 0. The smallest absolute Gasteiger partial charge is 0.407 e. The third-order valence-electron chi connectivity index (χ3n) is 2.52. The minimum Gasteiger partial charge on any atom is -0.447 e. The molecule has 0 saturated heterocycles. The average Bonchev–Trinajstić information content (AvgIpc) is 2.13. The van der Waals surface area contributed by atoms with Gasteiger partial charge < -0.3 is 15.2 Å². The predicted molar refractivity (Wildman–Crippen MR) is 59.6 cm³/mol. The largest absolute Gasteiger partial charge is 0.447 e. The Bertz CT molecular complexity index is 173. The Kier molecular flexibility index (Phi) is 7.13. The summed E-state index contributed by atoms with van der Waals surface area (Å²) in [5.74, 6) is 1.51. The highest BCUT2D eigenvalue weighted by Gasteiger charge is 2.18. The van der Waals surface area contributed by atoms with Gasteiger partial charge in [0.05, 0.1) is 6.61 Å². The fourth-order valence-electron chi connectivity index (χ4n) is 1.63. The van der Waals surface area contributed by atoms with Crippen molar-refractivity contribution in [2.24, 2.45) is 17.8 Å². The van der Waals surface area contributed by atoms with Crippen molar-refractivity contribution >= 4 is 6.09 Å². The third kappa shape index (κ3) is 6.33. The van der Waals surface area contributed by atoms with Gasteiger partial charge in [-0.3, -0.25) is 0 Å². The lowest BCUT2D eigenvalue weighted by atomic mass is 9.85. The molecule has 4 heteroatoms. The molecule has 0 atom stereocenters. The lowest BCUT2D eigenvalue weighted by molar-refractivity contribution is 0.116. The van der Waals surface area contributed by atoms with Crippen molar-refractivity contribution in [2.45, 2.75) is 27.7 Å². The van der Waals surface area contributed by atoms with Gasteiger partial charge in [0.15, 0.2) is 0 Å². The van der Waals surface area contributed by atoms with Gasteiger partial charge in [-0.05, 0) is 17.8 Å². The molecule has 90 valence electrons. The van der Waals surface area contributed by atoms with Gasteiger partial charge in [0, 0.05) is 6.54 Å². The van der Waals surface area contributed by atoms with Gasteiger partial charge in [0.25, 0.3) is 0 Å². The Labute approximate surface area is 92.0 Å². The fraction of sp³-hybridized carbons (Fsp3) is 0.909. The van der Waals surface area contributed by atoms with Crippen LogP contribution in [0.1, 0.15) is 27.7 Å². The number of alkyl carbamates (subject to hydrolysis) is 1. The predicted octanol–water partition coefficient (Wildman–Crippen LogP) is 1.63. The Morgan fingerprint density at radius 2 is 1.80 bits per heavy atom. The molecule has 0 unspecified atom stereocenters. The molecule has 0 aliphatic carbocycles. The zero-order valence-electron chi connectivity index (χ0n) is 10.1. The zero-order valence-corrected chi connectivity index (χ0v) is 10.1. The number of hydrogen-bond donors (Lipinski definition) is 2. The van der Waals surface area contributed by atoms with Crippen LogP contribution in [-0.2, 0) is 4.74 Å². The second-order valence-corrected chi connectivity index (χ2v) is 4.39. The summed E-state index contributed by atoms with van der Waals surface area (Å²) in [6, 6.07) is 0. The zero-order chi connectivity index (χ0) is 11.8. The summed E-state index contributed by atoms with van der Waals surface area (Å²) in [4.78, 5) is 11.1. The van der Waals surface area contributed by atoms with Gasteiger partial charge in [0.2, 0.25) is 0 Å². The summed E-state index contributed by atoms with van der Waals surface area (Å²) in [6.45, 7) is 9.12. The van der Waals surface area contributed by atoms with Crippen molar-refractivity contribution in [1.82, 2.24) is 5.32 Å². The van der Waals surface area contributed by atoms with Gasteiger partial charge in [-0.15, -0.1) is 0 Å². The molecule has 0 fully saturated rings. The number of aliphatic hydroxyl groups is 1. The maximum Gasteiger partial charge on any atom is 0.407 e. The van der Waals surface area contributed by atoms with E-state index in [1.54, 1.807) is 0 Å². The van der Waals surface area contributed by atoms with E-state index in [2.05, 4.69) is 33.0 Å². The molecule has 0 radical (unpaired) electrons. The highest BCUT2D eigenvalue weighted by Crippen LogP contribution is 2.19. The molecule has 15 heavy (non-hydrogen) atoms. The maximum atomic E-state index is 11.1. The minimum absolute atomic E-state index is 0.0554. The van der Waals surface area contributed by atoms with E-state index in [0.717, 1.165) is 0 Å². The second-order valence-electron chi connectivity index (χ2n) is 4.39. The molecule has 0 bridgehead atoms. The molecule has 4 nitrogen and oxygen atoms in total. The van der Waals surface area contributed by atoms with Crippen molar-refractivity contribution in [3.05, 3.63) is 0 Å². The van der Waals surface area contributed by atoms with E-state index in [4.69, 9.17) is 9.84 Å². The molecule has 1 amide bonds. The van der Waals surface area contributed by atoms with Gasteiger partial charge >= 0.3 is 6.09 Å². The van der Waals surface area contributed by atoms with E-state index in [1.807, 2.05) is 0 Å². The molecule has 0 aliphatic rings. The van der Waals surface area contributed by atoms with E-state index in [9.17, 15) is 4.79 Å². The van der Waals surface area contributed by atoms with Crippen molar-refractivity contribution in [3.63, 3.8) is 0 Å². The molecule has 0 aromatic heterocycles. The monoisotopic (exact) mass is 217 g/mol. The van der Waals surface area contributed by atoms with Crippen LogP contribution in [0.2, 0.25) is 0 Å². The fourth-order valence-corrected chi connectivity index (χ4v) is 1.63. The summed E-state index contributed by atoms with van der Waals surface area (Å²) in [7, 11) is 0. The minimum atomic E-state index is -0.449. The summed E-state index contributed by atoms with van der Waals surface area (Å²) in [5.41, 5.74) is 0. The Balaban J connectivity index is 3.84. The normalized spacial score (nSPS) is 11.2. The van der Waals surface area contributed by atoms with Crippen LogP contribution in [0.4, 0.5) is 4.79 Å². The van der Waals surface area contributed by atoms with Crippen molar-refractivity contribution in [1.29, 1.82) is 0 Å². The highest BCUT2D eigenvalue weighted by molar-refractivity contribution is 5.67. The number of amides is 1. The average molecular weight is 217 g/mol. The molecule has 0 spiro atoms. The van der Waals surface area contributed by atoms with E-state index in [0.29, 0.717) is 24.3 Å². The van der Waals surface area contributed by atoms with Gasteiger partial charge in [-0.2, -0.15) is 0 Å². The van der Waals surface area contributed by atoms with Crippen LogP contribution < -0.4 is 5.32 Å². The molecule has 2 N–H and O–H groups in total. The quantitative estimate of drug-likeness (QED) is 0.711. The molecule has 0 rings (SSSR count). The second kappa shape index (κ2) is 7.51. The van der Waals surface area contributed by atoms with E-state index < -0.39 is 6.09 Å². The first-order valence-corrected chi connectivity index (χ1v) is 5.50. The first-order valence-electron chi connectivity index (χ1n) is 5.50. The van der Waals surface area contributed by atoms with Crippen LogP contribution in [0.25, 0.3) is 0 Å². The van der Waals surface area contributed by atoms with Gasteiger partial charge in [-0.25, -0.2) is 4.79 Å². The lowest BCUT2D eigenvalue weighted by Gasteiger charge is -2.24. The standard InChI is InChI=1S/C11H23NO3/c1-8(2)10(9(3)4)7-12-11(14)15-6-5-13/h8-10,13H,5-7H2,1-4H3,(H,12,14). The van der Waals surface area contributed by atoms with Crippen LogP contribution in [0.15, 0.2) is 0 Å². The maximum absolute atomic E-state index is 11.1. The molecule has 0 heterocycles. The number of nitrogens with one attached hydrogen (secondary N) is 1. The van der Waals surface area contributed by atoms with Crippen molar-refractivity contribution in [2.75, 3.05) is 19.8 Å². The molecule has 0 aromatic rings. The van der Waals surface area contributed by atoms with Crippen LogP contribution in [0, 0.1) is 17.8 Å². The number of carbonyl (C=O) groups is 1. The Morgan fingerprint density at radius 3 is 2.20 bits per heavy atom. The number of aliphatic hydroxyl groups excluding tert-OH is 1. The van der Waals surface area contributed by atoms with E-state index in [1.165, 1.54) is 0 Å². The van der Waals surface area contributed by atoms with Crippen molar-refractivity contribution in [3.8, 4) is 0 Å². The number of rotatable bonds is 6. The van der Waals surface area contributed by atoms with E-state index >= 15 is 0 Å². The molecule has 0 saturated carbocycles. The van der Waals surface area contributed by atoms with E-state index in [-0.39, 0.29) is 13.2 Å². The number of hydrogen-bond acceptors (Lipinski definition) is 3. The van der Waals surface area contributed by atoms with Crippen LogP contribution in [0.3, 0.4) is 0 Å². The highest BCUT2D eigenvalue weighted by atomic mass is 16.6. The molecule has 0 aliphatic heterocycles. The van der Waals surface area contributed by atoms with Crippen LogP contribution >= 0.6 is 0 Å². The van der Waals surface area contributed by atoms with Gasteiger partial charge in [0.1, 0.15) is 6.61 Å². The Morgan fingerprint density at radius 1 is 1.27 bits per heavy atom. The summed E-state index contributed by atoms with van der Waals surface area (Å²) < 4.78 is 4.70. The summed E-state index contributed by atoms with van der Waals surface area (Å²) in [6.07, 6.45) is -0.449. The molecular weight excluding hydrogens is 194 g/mol. The van der Waals surface area contributed by atoms with Gasteiger partial charge in [-0.1, -0.05) is 27.7 Å². The number of ether oxygens (including phenoxy) is 1.